The van der Waals surface area contributed by atoms with E-state index in [2.05, 4.69) is 125 Å². The third-order valence-electron chi connectivity index (χ3n) is 7.47. The van der Waals surface area contributed by atoms with Gasteiger partial charge in [0.25, 0.3) is 0 Å². The summed E-state index contributed by atoms with van der Waals surface area (Å²) in [5.74, 6) is 0. The number of thiocarbonyl (C=S) groups is 6. The predicted octanol–water partition coefficient (Wildman–Crippen LogP) is 11.3. The summed E-state index contributed by atoms with van der Waals surface area (Å²) in [6.07, 6.45) is 13.5. The molecule has 0 saturated heterocycles. The van der Waals surface area contributed by atoms with E-state index < -0.39 is 0 Å². The van der Waals surface area contributed by atoms with Gasteiger partial charge < -0.3 is 178 Å². The standard InChI is InChI=1S/6C7H15NS2.Mo.OS/c6*1-3-5-8(6-4-2)7(9)10;;1-2/h6*3-6H2,1-2H3,(H,9,10);;/p-6. The molecular formula is C42H84MoN6OS13-6. The zero-order valence-electron chi connectivity index (χ0n) is 40.8. The zero-order chi connectivity index (χ0) is 49.9. The van der Waals surface area contributed by atoms with Crippen LogP contribution in [0.3, 0.4) is 0 Å². The maximum Gasteiger partial charge on any atom is 0.197 e. The second kappa shape index (κ2) is 65.5. The van der Waals surface area contributed by atoms with E-state index in [1.54, 1.807) is 0 Å². The van der Waals surface area contributed by atoms with Crippen LogP contribution in [0.5, 0.6) is 0 Å². The normalized spacial score (nSPS) is 9.02. The third-order valence-corrected chi connectivity index (χ3v) is 10.6. The van der Waals surface area contributed by atoms with Crippen LogP contribution in [-0.4, -0.2) is 138 Å². The Bertz CT molecular complexity index is 821. The van der Waals surface area contributed by atoms with E-state index in [-0.39, 0.29) is 21.1 Å². The maximum absolute atomic E-state index is 7.83. The van der Waals surface area contributed by atoms with Crippen molar-refractivity contribution in [3.8, 4) is 0 Å². The van der Waals surface area contributed by atoms with Crippen molar-refractivity contribution >= 4 is 188 Å². The predicted molar refractivity (Wildman–Crippen MR) is 321 cm³/mol. The summed E-state index contributed by atoms with van der Waals surface area (Å²) in [5.41, 5.74) is 0. The molecule has 0 aromatic rings. The maximum atomic E-state index is 7.83. The van der Waals surface area contributed by atoms with Crippen molar-refractivity contribution in [2.75, 3.05) is 78.5 Å². The summed E-state index contributed by atoms with van der Waals surface area (Å²) in [6.45, 7) is 37.7. The summed E-state index contributed by atoms with van der Waals surface area (Å²) in [6, 6.07) is 0. The van der Waals surface area contributed by atoms with Crippen LogP contribution in [0.4, 0.5) is 0 Å². The van der Waals surface area contributed by atoms with Crippen molar-refractivity contribution < 1.29 is 25.3 Å². The van der Waals surface area contributed by atoms with Gasteiger partial charge in [-0.05, 0) is 77.0 Å². The van der Waals surface area contributed by atoms with Gasteiger partial charge in [-0.3, -0.25) is 0 Å². The minimum Gasteiger partial charge on any atom is -0.411 e. The largest absolute Gasteiger partial charge is 0.411 e. The molecule has 63 heavy (non-hydrogen) atoms. The Morgan fingerprint density at radius 3 is 0.349 bits per heavy atom. The third kappa shape index (κ3) is 63.4. The van der Waals surface area contributed by atoms with Gasteiger partial charge in [0.1, 0.15) is 0 Å². The number of hydrogen-bond donors (Lipinski definition) is 0. The van der Waals surface area contributed by atoms with E-state index in [9.17, 15) is 0 Å². The van der Waals surface area contributed by atoms with E-state index in [0.29, 0.717) is 25.9 Å². The molecule has 0 aliphatic rings. The molecule has 0 heterocycles. The zero-order valence-corrected chi connectivity index (χ0v) is 53.4. The molecular weight excluding hydrogens is 1120 g/mol. The molecule has 21 heteroatoms. The van der Waals surface area contributed by atoms with E-state index in [0.717, 1.165) is 156 Å². The number of rotatable bonds is 24. The van der Waals surface area contributed by atoms with Crippen molar-refractivity contribution in [1.82, 2.24) is 29.4 Å². The van der Waals surface area contributed by atoms with E-state index in [4.69, 9.17) is 153 Å². The van der Waals surface area contributed by atoms with Crippen LogP contribution in [0.25, 0.3) is 0 Å². The van der Waals surface area contributed by atoms with Gasteiger partial charge in [-0.2, -0.15) is 4.21 Å². The summed E-state index contributed by atoms with van der Waals surface area (Å²) in [7, 11) is 0. The quantitative estimate of drug-likeness (QED) is 0.0522. The first-order chi connectivity index (χ1) is 29.3. The van der Waals surface area contributed by atoms with Gasteiger partial charge in [-0.15, -0.1) is 0 Å². The van der Waals surface area contributed by atoms with Gasteiger partial charge in [0, 0.05) is 99.6 Å². The van der Waals surface area contributed by atoms with Gasteiger partial charge in [-0.25, -0.2) is 0 Å². The average Bonchev–Trinajstić information content (AvgIpc) is 3.22. The summed E-state index contributed by atoms with van der Waals surface area (Å²) >= 11 is 61.5. The SMILES string of the molecule is CCCN(CCC)C(=S)[S-].CCCN(CCC)C(=S)[S-].CCCN(CCC)C(=S)[S-].CCCN(CCC)C(=S)[S-].CCCN(CCC)C(=S)[S-].CCCN(CCC)C(=S)[S-].O=S.[Mo]. The van der Waals surface area contributed by atoms with Crippen LogP contribution >= 0.6 is 73.3 Å². The van der Waals surface area contributed by atoms with Crippen LogP contribution in [0.1, 0.15) is 160 Å². The molecule has 0 fully saturated rings. The minimum absolute atomic E-state index is 0. The fourth-order valence-electron chi connectivity index (χ4n) is 5.01. The average molecular weight is 1200 g/mol. The molecule has 0 atom stereocenters. The molecule has 0 unspecified atom stereocenters. The molecule has 0 aliphatic heterocycles. The van der Waals surface area contributed by atoms with Crippen molar-refractivity contribution in [3.05, 3.63) is 0 Å². The Morgan fingerprint density at radius 1 is 0.254 bits per heavy atom. The molecule has 378 valence electrons. The Hall–Kier alpha value is 1.37. The summed E-state index contributed by atoms with van der Waals surface area (Å²) < 4.78 is 11.5. The molecule has 0 saturated carbocycles. The van der Waals surface area contributed by atoms with Crippen LogP contribution in [0, 0.1) is 0 Å². The number of nitrogens with zero attached hydrogens (tertiary/aromatic N) is 6. The first-order valence-corrected chi connectivity index (χ1v) is 27.5. The van der Waals surface area contributed by atoms with Crippen LogP contribution in [0.2, 0.25) is 0 Å². The van der Waals surface area contributed by atoms with Gasteiger partial charge in [0.15, 0.2) is 12.5 Å². The first kappa shape index (κ1) is 81.3. The summed E-state index contributed by atoms with van der Waals surface area (Å²) in [4.78, 5) is 12.4. The Morgan fingerprint density at radius 2 is 0.317 bits per heavy atom. The van der Waals surface area contributed by atoms with Gasteiger partial charge in [0.05, 0.1) is 0 Å². The molecule has 0 bridgehead atoms. The first-order valence-electron chi connectivity index (χ1n) is 22.2. The molecule has 0 spiro atoms. The van der Waals surface area contributed by atoms with Crippen LogP contribution in [-0.2, 0) is 109 Å². The second-order valence-corrected chi connectivity index (χ2v) is 19.7. The van der Waals surface area contributed by atoms with Gasteiger partial charge in [-0.1, -0.05) is 109 Å². The molecule has 0 aliphatic carbocycles. The van der Waals surface area contributed by atoms with E-state index >= 15 is 0 Å². The molecule has 0 N–H and O–H groups in total. The Labute approximate surface area is 475 Å². The van der Waals surface area contributed by atoms with E-state index in [1.807, 2.05) is 0 Å². The summed E-state index contributed by atoms with van der Waals surface area (Å²) in [5, 5.41) is 0. The van der Waals surface area contributed by atoms with Crippen LogP contribution < -0.4 is 0 Å². The monoisotopic (exact) mass is 1200 g/mol. The minimum atomic E-state index is 0. The van der Waals surface area contributed by atoms with Crippen LogP contribution in [0.15, 0.2) is 0 Å². The molecule has 0 amide bonds. The Balaban J connectivity index is -0.0000000949. The van der Waals surface area contributed by atoms with Gasteiger partial charge >= 0.3 is 0 Å². The fourth-order valence-corrected chi connectivity index (χ4v) is 7.20. The van der Waals surface area contributed by atoms with Gasteiger partial charge in [0.2, 0.25) is 0 Å². The second-order valence-electron chi connectivity index (χ2n) is 13.5. The van der Waals surface area contributed by atoms with E-state index in [1.165, 1.54) is 0 Å². The van der Waals surface area contributed by atoms with Crippen molar-refractivity contribution in [1.29, 1.82) is 0 Å². The van der Waals surface area contributed by atoms with Crippen molar-refractivity contribution in [2.24, 2.45) is 0 Å². The van der Waals surface area contributed by atoms with Crippen molar-refractivity contribution in [2.45, 2.75) is 160 Å². The molecule has 0 rings (SSSR count). The Kier molecular flexibility index (Phi) is 84.5. The smallest absolute Gasteiger partial charge is 0.197 e. The molecule has 0 aromatic carbocycles. The van der Waals surface area contributed by atoms with Crippen molar-refractivity contribution in [3.63, 3.8) is 0 Å². The topological polar surface area (TPSA) is 36.5 Å². The number of hydrogen-bond acceptors (Lipinski definition) is 14. The molecule has 0 radical (unpaired) electrons. The molecule has 7 nitrogen and oxygen atoms in total. The fraction of sp³-hybridized carbons (Fsp3) is 0.857. The molecule has 0 aromatic heterocycles.